The van der Waals surface area contributed by atoms with Gasteiger partial charge in [-0.1, -0.05) is 12.8 Å². The Hall–Kier alpha value is -0.770. The summed E-state index contributed by atoms with van der Waals surface area (Å²) >= 11 is 0. The molecule has 0 saturated heterocycles. The maximum Gasteiger partial charge on any atom is 0.203 e. The fourth-order valence-corrected chi connectivity index (χ4v) is 1.49. The predicted molar refractivity (Wildman–Crippen MR) is 50.7 cm³/mol. The van der Waals surface area contributed by atoms with E-state index >= 15 is 0 Å². The molecule has 0 unspecified atom stereocenters. The van der Waals surface area contributed by atoms with E-state index in [0.717, 1.165) is 0 Å². The van der Waals surface area contributed by atoms with Crippen LogP contribution in [0.4, 0.5) is 0 Å². The third kappa shape index (κ3) is 3.09. The molecule has 0 bridgehead atoms. The van der Waals surface area contributed by atoms with Crippen molar-refractivity contribution in [3.05, 3.63) is 0 Å². The van der Waals surface area contributed by atoms with E-state index in [1.54, 1.807) is 5.01 Å². The Morgan fingerprint density at radius 1 is 1.42 bits per heavy atom. The van der Waals surface area contributed by atoms with E-state index in [1.165, 1.54) is 25.7 Å². The second kappa shape index (κ2) is 4.30. The Morgan fingerprint density at radius 3 is 2.50 bits per heavy atom. The fourth-order valence-electron chi connectivity index (χ4n) is 1.49. The summed E-state index contributed by atoms with van der Waals surface area (Å²) in [7, 11) is 3.80. The first-order valence-corrected chi connectivity index (χ1v) is 4.46. The first-order valence-electron chi connectivity index (χ1n) is 4.46. The summed E-state index contributed by atoms with van der Waals surface area (Å²) in [5.74, 6) is 0.534. The van der Waals surface area contributed by atoms with Gasteiger partial charge in [0.05, 0.1) is 6.04 Å². The van der Waals surface area contributed by atoms with Gasteiger partial charge in [-0.15, -0.1) is 0 Å². The molecule has 0 aromatic heterocycles. The third-order valence-corrected chi connectivity index (χ3v) is 1.98. The van der Waals surface area contributed by atoms with Gasteiger partial charge >= 0.3 is 0 Å². The predicted octanol–water partition coefficient (Wildman–Crippen LogP) is 0.310. The second-order valence-electron chi connectivity index (χ2n) is 3.46. The van der Waals surface area contributed by atoms with E-state index < -0.39 is 0 Å². The average molecular weight is 170 g/mol. The van der Waals surface area contributed by atoms with Crippen LogP contribution in [-0.4, -0.2) is 31.1 Å². The van der Waals surface area contributed by atoms with Gasteiger partial charge in [-0.3, -0.25) is 5.43 Å². The van der Waals surface area contributed by atoms with Gasteiger partial charge in [-0.05, 0) is 12.8 Å². The summed E-state index contributed by atoms with van der Waals surface area (Å²) in [6.07, 6.45) is 4.97. The summed E-state index contributed by atoms with van der Waals surface area (Å²) < 4.78 is 0. The lowest BCUT2D eigenvalue weighted by Gasteiger charge is -2.13. The number of guanidine groups is 1. The molecular weight excluding hydrogens is 152 g/mol. The Morgan fingerprint density at radius 2 is 2.00 bits per heavy atom. The van der Waals surface area contributed by atoms with Gasteiger partial charge in [-0.25, -0.2) is 10.0 Å². The summed E-state index contributed by atoms with van der Waals surface area (Å²) in [6, 6.07) is 0.456. The van der Waals surface area contributed by atoms with Crippen molar-refractivity contribution < 1.29 is 0 Å². The van der Waals surface area contributed by atoms with Crippen LogP contribution in [0.25, 0.3) is 0 Å². The van der Waals surface area contributed by atoms with Crippen LogP contribution in [0.5, 0.6) is 0 Å². The number of nitrogens with zero attached hydrogens (tertiary/aromatic N) is 2. The molecule has 0 aliphatic heterocycles. The van der Waals surface area contributed by atoms with Crippen LogP contribution in [0.15, 0.2) is 4.99 Å². The number of aliphatic imine (C=N–C) groups is 1. The van der Waals surface area contributed by atoms with Crippen molar-refractivity contribution in [2.75, 3.05) is 14.1 Å². The van der Waals surface area contributed by atoms with Crippen molar-refractivity contribution in [3.8, 4) is 0 Å². The Balaban J connectivity index is 2.33. The molecule has 3 N–H and O–H groups in total. The van der Waals surface area contributed by atoms with Crippen LogP contribution in [0, 0.1) is 0 Å². The molecule has 0 aromatic carbocycles. The van der Waals surface area contributed by atoms with E-state index in [9.17, 15) is 0 Å². The first kappa shape index (κ1) is 9.32. The lowest BCUT2D eigenvalue weighted by atomic mass is 10.3. The quantitative estimate of drug-likeness (QED) is 0.356. The van der Waals surface area contributed by atoms with Crippen LogP contribution in [0.1, 0.15) is 25.7 Å². The SMILES string of the molecule is CN(C)NC(N)=NC1CCCC1. The van der Waals surface area contributed by atoms with Gasteiger partial charge in [0.2, 0.25) is 5.96 Å². The number of nitrogens with one attached hydrogen (secondary N) is 1. The monoisotopic (exact) mass is 170 g/mol. The Kier molecular flexibility index (Phi) is 3.34. The summed E-state index contributed by atoms with van der Waals surface area (Å²) in [6.45, 7) is 0. The highest BCUT2D eigenvalue weighted by Crippen LogP contribution is 2.20. The highest BCUT2D eigenvalue weighted by Gasteiger charge is 2.13. The zero-order valence-corrected chi connectivity index (χ0v) is 7.88. The normalized spacial score (nSPS) is 20.4. The van der Waals surface area contributed by atoms with E-state index in [4.69, 9.17) is 5.73 Å². The van der Waals surface area contributed by atoms with E-state index in [2.05, 4.69) is 10.4 Å². The van der Waals surface area contributed by atoms with E-state index in [0.29, 0.717) is 12.0 Å². The van der Waals surface area contributed by atoms with Crippen molar-refractivity contribution in [1.29, 1.82) is 0 Å². The lowest BCUT2D eigenvalue weighted by Crippen LogP contribution is -2.41. The molecule has 1 aliphatic rings. The van der Waals surface area contributed by atoms with Crippen LogP contribution < -0.4 is 11.2 Å². The van der Waals surface area contributed by atoms with E-state index in [1.807, 2.05) is 14.1 Å². The molecule has 70 valence electrons. The van der Waals surface area contributed by atoms with Crippen molar-refractivity contribution in [1.82, 2.24) is 10.4 Å². The third-order valence-electron chi connectivity index (χ3n) is 1.98. The van der Waals surface area contributed by atoms with Gasteiger partial charge < -0.3 is 5.73 Å². The molecule has 0 amide bonds. The Bertz CT molecular complexity index is 158. The second-order valence-corrected chi connectivity index (χ2v) is 3.46. The molecule has 12 heavy (non-hydrogen) atoms. The molecule has 1 fully saturated rings. The zero-order chi connectivity index (χ0) is 8.97. The molecule has 1 saturated carbocycles. The molecule has 0 atom stereocenters. The van der Waals surface area contributed by atoms with Crippen LogP contribution in [0.3, 0.4) is 0 Å². The van der Waals surface area contributed by atoms with Gasteiger partial charge in [0.1, 0.15) is 0 Å². The number of hydrogen-bond donors (Lipinski definition) is 2. The van der Waals surface area contributed by atoms with Gasteiger partial charge in [0.15, 0.2) is 0 Å². The van der Waals surface area contributed by atoms with Crippen molar-refractivity contribution in [2.45, 2.75) is 31.7 Å². The van der Waals surface area contributed by atoms with Crippen LogP contribution in [-0.2, 0) is 0 Å². The van der Waals surface area contributed by atoms with Crippen molar-refractivity contribution in [2.24, 2.45) is 10.7 Å². The van der Waals surface area contributed by atoms with Crippen LogP contribution in [0.2, 0.25) is 0 Å². The van der Waals surface area contributed by atoms with Gasteiger partial charge in [0.25, 0.3) is 0 Å². The molecule has 4 heteroatoms. The molecule has 1 aliphatic carbocycles. The number of rotatable bonds is 2. The molecule has 0 radical (unpaired) electrons. The summed E-state index contributed by atoms with van der Waals surface area (Å²) in [4.78, 5) is 4.36. The minimum atomic E-state index is 0.456. The summed E-state index contributed by atoms with van der Waals surface area (Å²) in [5, 5.41) is 1.80. The molecule has 1 rings (SSSR count). The standard InChI is InChI=1S/C8H18N4/c1-12(2)11-8(9)10-7-5-3-4-6-7/h7H,3-6H2,1-2H3,(H3,9,10,11). The zero-order valence-electron chi connectivity index (χ0n) is 7.88. The van der Waals surface area contributed by atoms with Gasteiger partial charge in [-0.2, -0.15) is 0 Å². The first-order chi connectivity index (χ1) is 5.68. The molecule has 4 nitrogen and oxygen atoms in total. The minimum Gasteiger partial charge on any atom is -0.369 e. The number of hydrogen-bond acceptors (Lipinski definition) is 2. The highest BCUT2D eigenvalue weighted by atomic mass is 15.5. The highest BCUT2D eigenvalue weighted by molar-refractivity contribution is 5.77. The minimum absolute atomic E-state index is 0.456. The van der Waals surface area contributed by atoms with Gasteiger partial charge in [0, 0.05) is 14.1 Å². The molecule has 0 aromatic rings. The maximum atomic E-state index is 5.65. The summed E-state index contributed by atoms with van der Waals surface area (Å²) in [5.41, 5.74) is 8.58. The number of nitrogens with two attached hydrogens (primary N) is 1. The lowest BCUT2D eigenvalue weighted by molar-refractivity contribution is 0.359. The smallest absolute Gasteiger partial charge is 0.203 e. The maximum absolute atomic E-state index is 5.65. The van der Waals surface area contributed by atoms with Crippen molar-refractivity contribution >= 4 is 5.96 Å². The molecule has 0 heterocycles. The molecular formula is C8H18N4. The van der Waals surface area contributed by atoms with E-state index in [-0.39, 0.29) is 0 Å². The molecule has 0 spiro atoms. The number of hydrazine groups is 1. The largest absolute Gasteiger partial charge is 0.369 e. The average Bonchev–Trinajstić information content (AvgIpc) is 2.37. The fraction of sp³-hybridized carbons (Fsp3) is 0.875. The van der Waals surface area contributed by atoms with Crippen LogP contribution >= 0.6 is 0 Å². The topological polar surface area (TPSA) is 53.6 Å². The van der Waals surface area contributed by atoms with Crippen molar-refractivity contribution in [3.63, 3.8) is 0 Å². The Labute approximate surface area is 73.8 Å².